The first-order valence-electron chi connectivity index (χ1n) is 21.6. The lowest BCUT2D eigenvalue weighted by Crippen LogP contribution is -1.97. The van der Waals surface area contributed by atoms with Crippen molar-refractivity contribution in [3.63, 3.8) is 0 Å². The summed E-state index contributed by atoms with van der Waals surface area (Å²) in [6, 6.07) is 44.4. The molecular formula is C54H45N3. The fourth-order valence-corrected chi connectivity index (χ4v) is 11.1. The van der Waals surface area contributed by atoms with Crippen molar-refractivity contribution in [1.29, 1.82) is 0 Å². The Morgan fingerprint density at radius 1 is 0.263 bits per heavy atom. The summed E-state index contributed by atoms with van der Waals surface area (Å²) in [5.74, 6) is 0. The van der Waals surface area contributed by atoms with Gasteiger partial charge in [-0.1, -0.05) is 76.4 Å². The Balaban J connectivity index is 1.29. The van der Waals surface area contributed by atoms with E-state index in [2.05, 4.69) is 144 Å². The number of aryl methyl sites for hydroxylation is 3. The maximum absolute atomic E-state index is 2.62. The van der Waals surface area contributed by atoms with E-state index in [9.17, 15) is 0 Å². The van der Waals surface area contributed by atoms with Crippen molar-refractivity contribution in [3.05, 3.63) is 109 Å². The molecule has 0 aliphatic heterocycles. The zero-order valence-corrected chi connectivity index (χ0v) is 33.1. The van der Waals surface area contributed by atoms with Gasteiger partial charge < -0.3 is 13.7 Å². The minimum atomic E-state index is 1.02. The van der Waals surface area contributed by atoms with Crippen LogP contribution in [-0.4, -0.2) is 13.7 Å². The second-order valence-corrected chi connectivity index (χ2v) is 17.3. The largest absolute Gasteiger partial charge is 0.340 e. The van der Waals surface area contributed by atoms with Crippen LogP contribution in [0.3, 0.4) is 0 Å². The van der Waals surface area contributed by atoms with Crippen molar-refractivity contribution in [2.45, 2.75) is 78.9 Å². The fraction of sp³-hybridized carbons (Fsp3) is 0.222. The van der Waals surface area contributed by atoms with E-state index < -0.39 is 0 Å². The van der Waals surface area contributed by atoms with Crippen molar-refractivity contribution >= 4 is 130 Å². The normalized spacial score (nSPS) is 13.1. The molecule has 3 aromatic heterocycles. The standard InChI is InChI=1S/C54H45N3/c1-4-7-16-55-49-19-31-10-12-33-21-51-45-27-39(33)37(31)25-43(49)44-26-38-32(20-50(44)55)11-13-34-22-52-46(28-40(34)38)48-30-42-36(24-54(48)57(52)18-9-6-3)15-14-35-23-53(47(45)29-41(35)42)56(51)17-8-5-2/h10-15,19-30H,4-9,16-18H2,1-3H3. The Morgan fingerprint density at radius 2 is 0.456 bits per heavy atom. The van der Waals surface area contributed by atoms with Gasteiger partial charge in [-0.3, -0.25) is 0 Å². The second kappa shape index (κ2) is 11.5. The Morgan fingerprint density at radius 3 is 0.632 bits per heavy atom. The molecule has 12 bridgehead atoms. The van der Waals surface area contributed by atoms with Gasteiger partial charge in [-0.25, -0.2) is 0 Å². The molecule has 0 radical (unpaired) electrons. The van der Waals surface area contributed by atoms with Crippen LogP contribution in [0.4, 0.5) is 0 Å². The van der Waals surface area contributed by atoms with Crippen LogP contribution < -0.4 is 0 Å². The lowest BCUT2D eigenvalue weighted by Gasteiger charge is -2.10. The zero-order chi connectivity index (χ0) is 37.7. The number of nitrogens with zero attached hydrogens (tertiary/aromatic N) is 3. The molecule has 3 heteroatoms. The molecule has 57 heavy (non-hydrogen) atoms. The molecule has 0 saturated heterocycles. The number of aromatic nitrogens is 3. The molecule has 10 aromatic carbocycles. The Hall–Kier alpha value is -6.06. The SMILES string of the molecule is CCCCn1c2cc3ccc4cc5c6cc4c3cc2c2cc3c(ccc4cc7c(cc43)c3cc4c(ccc8cc(c6cc84)n5CCCC)cc3n7CCCC)cc21. The van der Waals surface area contributed by atoms with E-state index in [0.29, 0.717) is 0 Å². The first-order chi connectivity index (χ1) is 28.1. The number of hydrogen-bond donors (Lipinski definition) is 0. The Kier molecular flexibility index (Phi) is 6.48. The summed E-state index contributed by atoms with van der Waals surface area (Å²) in [6.07, 6.45) is 6.99. The predicted octanol–water partition coefficient (Wildman–Crippen LogP) is 15.6. The Labute approximate surface area is 330 Å². The average Bonchev–Trinajstić information content (AvgIpc) is 3.81. The summed E-state index contributed by atoms with van der Waals surface area (Å²) >= 11 is 0. The summed E-state index contributed by atoms with van der Waals surface area (Å²) in [5, 5.41) is 24.2. The molecule has 0 amide bonds. The van der Waals surface area contributed by atoms with Gasteiger partial charge in [0.05, 0.1) is 0 Å². The summed E-state index contributed by atoms with van der Waals surface area (Å²) in [4.78, 5) is 0. The molecule has 0 unspecified atom stereocenters. The third-order valence-corrected chi connectivity index (χ3v) is 14.0. The molecule has 0 saturated carbocycles. The molecule has 0 N–H and O–H groups in total. The molecular weight excluding hydrogens is 691 g/mol. The molecule has 276 valence electrons. The monoisotopic (exact) mass is 735 g/mol. The highest BCUT2D eigenvalue weighted by molar-refractivity contribution is 6.27. The van der Waals surface area contributed by atoms with E-state index in [-0.39, 0.29) is 0 Å². The predicted molar refractivity (Wildman–Crippen MR) is 249 cm³/mol. The van der Waals surface area contributed by atoms with Gasteiger partial charge in [0.25, 0.3) is 0 Å². The number of hydrogen-bond acceptors (Lipinski definition) is 0. The van der Waals surface area contributed by atoms with Crippen molar-refractivity contribution < 1.29 is 0 Å². The second-order valence-electron chi connectivity index (χ2n) is 17.3. The van der Waals surface area contributed by atoms with Crippen molar-refractivity contribution in [3.8, 4) is 0 Å². The number of rotatable bonds is 9. The highest BCUT2D eigenvalue weighted by atomic mass is 15.0. The lowest BCUT2D eigenvalue weighted by atomic mass is 9.95. The van der Waals surface area contributed by atoms with E-state index in [1.54, 1.807) is 0 Å². The smallest absolute Gasteiger partial charge is 0.0497 e. The maximum Gasteiger partial charge on any atom is 0.0497 e. The first kappa shape index (κ1) is 32.1. The third kappa shape index (κ3) is 4.22. The third-order valence-electron chi connectivity index (χ3n) is 14.0. The molecule has 0 fully saturated rings. The minimum Gasteiger partial charge on any atom is -0.340 e. The van der Waals surface area contributed by atoms with E-state index in [1.165, 1.54) is 149 Å². The highest BCUT2D eigenvalue weighted by Crippen LogP contribution is 2.44. The lowest BCUT2D eigenvalue weighted by molar-refractivity contribution is 0.665. The molecule has 0 aliphatic carbocycles. The van der Waals surface area contributed by atoms with Crippen LogP contribution >= 0.6 is 0 Å². The van der Waals surface area contributed by atoms with Crippen molar-refractivity contribution in [2.24, 2.45) is 0 Å². The molecule has 13 rings (SSSR count). The van der Waals surface area contributed by atoms with Crippen molar-refractivity contribution in [1.82, 2.24) is 13.7 Å². The highest BCUT2D eigenvalue weighted by Gasteiger charge is 2.20. The first-order valence-corrected chi connectivity index (χ1v) is 21.6. The quantitative estimate of drug-likeness (QED) is 0.131. The van der Waals surface area contributed by atoms with Gasteiger partial charge in [-0.2, -0.15) is 0 Å². The average molecular weight is 736 g/mol. The molecule has 0 aliphatic rings. The molecule has 0 atom stereocenters. The van der Waals surface area contributed by atoms with Gasteiger partial charge in [0.2, 0.25) is 0 Å². The van der Waals surface area contributed by atoms with Crippen LogP contribution in [0.5, 0.6) is 0 Å². The van der Waals surface area contributed by atoms with Gasteiger partial charge in [-0.15, -0.1) is 0 Å². The molecule has 13 aromatic rings. The van der Waals surface area contributed by atoms with Gasteiger partial charge >= 0.3 is 0 Å². The van der Waals surface area contributed by atoms with E-state index in [1.807, 2.05) is 0 Å². The van der Waals surface area contributed by atoms with E-state index in [4.69, 9.17) is 0 Å². The van der Waals surface area contributed by atoms with Crippen LogP contribution in [0.25, 0.3) is 130 Å². The van der Waals surface area contributed by atoms with Crippen molar-refractivity contribution in [2.75, 3.05) is 0 Å². The summed E-state index contributed by atoms with van der Waals surface area (Å²) in [5.41, 5.74) is 8.09. The maximum atomic E-state index is 2.62. The number of unbranched alkanes of at least 4 members (excludes halogenated alkanes) is 3. The number of benzene rings is 9. The fourth-order valence-electron chi connectivity index (χ4n) is 11.1. The van der Waals surface area contributed by atoms with Crippen LogP contribution in [0.1, 0.15) is 59.3 Å². The topological polar surface area (TPSA) is 14.8 Å². The zero-order valence-electron chi connectivity index (χ0n) is 33.1. The summed E-state index contributed by atoms with van der Waals surface area (Å²) < 4.78 is 7.85. The Bertz CT molecular complexity index is 3130. The van der Waals surface area contributed by atoms with Gasteiger partial charge in [-0.05, 0) is 157 Å². The molecule has 0 spiro atoms. The van der Waals surface area contributed by atoms with Gasteiger partial charge in [0, 0.05) is 85.1 Å². The molecule has 3 heterocycles. The van der Waals surface area contributed by atoms with Crippen LogP contribution in [0.15, 0.2) is 109 Å². The summed E-state index contributed by atoms with van der Waals surface area (Å²) in [6.45, 7) is 9.99. The van der Waals surface area contributed by atoms with Crippen LogP contribution in [0, 0.1) is 0 Å². The minimum absolute atomic E-state index is 1.02. The van der Waals surface area contributed by atoms with Crippen LogP contribution in [0.2, 0.25) is 0 Å². The molecule has 3 nitrogen and oxygen atoms in total. The van der Waals surface area contributed by atoms with E-state index in [0.717, 1.165) is 38.9 Å². The summed E-state index contributed by atoms with van der Waals surface area (Å²) in [7, 11) is 0. The van der Waals surface area contributed by atoms with Crippen LogP contribution in [-0.2, 0) is 19.6 Å². The van der Waals surface area contributed by atoms with E-state index >= 15 is 0 Å². The van der Waals surface area contributed by atoms with Gasteiger partial charge in [0.1, 0.15) is 0 Å². The van der Waals surface area contributed by atoms with Gasteiger partial charge in [0.15, 0.2) is 0 Å².